The summed E-state index contributed by atoms with van der Waals surface area (Å²) in [4.78, 5) is 9.88. The highest BCUT2D eigenvalue weighted by atomic mass is 127. The topological polar surface area (TPSA) is 61.4 Å². The molecule has 2 aliphatic rings. The second-order valence-corrected chi connectivity index (χ2v) is 7.53. The van der Waals surface area contributed by atoms with Gasteiger partial charge >= 0.3 is 0 Å². The molecule has 160 valence electrons. The van der Waals surface area contributed by atoms with Gasteiger partial charge in [0.2, 0.25) is 0 Å². The van der Waals surface area contributed by atoms with Crippen molar-refractivity contribution in [2.24, 2.45) is 10.9 Å². The third-order valence-corrected chi connectivity index (χ3v) is 4.93. The second kappa shape index (κ2) is 14.8. The molecule has 0 saturated carbocycles. The van der Waals surface area contributed by atoms with Gasteiger partial charge in [-0.05, 0) is 19.3 Å². The summed E-state index contributed by atoms with van der Waals surface area (Å²) in [5.74, 6) is 1.61. The van der Waals surface area contributed by atoms with Crippen molar-refractivity contribution in [1.29, 1.82) is 0 Å². The van der Waals surface area contributed by atoms with E-state index in [9.17, 15) is 0 Å². The number of halogens is 1. The Labute approximate surface area is 182 Å². The van der Waals surface area contributed by atoms with Crippen molar-refractivity contribution in [1.82, 2.24) is 20.4 Å². The van der Waals surface area contributed by atoms with Gasteiger partial charge in [-0.3, -0.25) is 14.8 Å². The summed E-state index contributed by atoms with van der Waals surface area (Å²) < 4.78 is 10.9. The lowest BCUT2D eigenvalue weighted by molar-refractivity contribution is 0.0143. The molecule has 7 nitrogen and oxygen atoms in total. The van der Waals surface area contributed by atoms with E-state index < -0.39 is 0 Å². The van der Waals surface area contributed by atoms with E-state index in [1.54, 1.807) is 0 Å². The number of ether oxygens (including phenoxy) is 2. The Morgan fingerprint density at radius 2 is 1.63 bits per heavy atom. The fourth-order valence-corrected chi connectivity index (χ4v) is 3.52. The van der Waals surface area contributed by atoms with Crippen LogP contribution in [0.15, 0.2) is 4.99 Å². The molecule has 1 atom stereocenters. The Kier molecular flexibility index (Phi) is 13.6. The first-order valence-corrected chi connectivity index (χ1v) is 10.3. The average molecular weight is 497 g/mol. The number of nitrogens with zero attached hydrogens (tertiary/aromatic N) is 3. The molecule has 2 N–H and O–H groups in total. The highest BCUT2D eigenvalue weighted by Gasteiger charge is 2.21. The maximum Gasteiger partial charge on any atom is 0.191 e. The van der Waals surface area contributed by atoms with Gasteiger partial charge in [0, 0.05) is 51.9 Å². The van der Waals surface area contributed by atoms with Gasteiger partial charge in [0.1, 0.15) is 0 Å². The second-order valence-electron chi connectivity index (χ2n) is 7.53. The number of aliphatic imine (C=N–C) groups is 1. The normalized spacial score (nSPS) is 21.0. The number of hydrogen-bond acceptors (Lipinski definition) is 5. The maximum absolute atomic E-state index is 5.51. The van der Waals surface area contributed by atoms with Crippen LogP contribution in [0.3, 0.4) is 0 Å². The Bertz CT molecular complexity index is 400. The number of morpholine rings is 2. The van der Waals surface area contributed by atoms with Gasteiger partial charge in [0.05, 0.1) is 33.0 Å². The molecule has 2 heterocycles. The molecule has 2 aliphatic heterocycles. The lowest BCUT2D eigenvalue weighted by Gasteiger charge is -2.34. The predicted molar refractivity (Wildman–Crippen MR) is 122 cm³/mol. The molecular formula is C19H40IN5O2. The van der Waals surface area contributed by atoms with E-state index in [0.29, 0.717) is 12.0 Å². The van der Waals surface area contributed by atoms with Crippen molar-refractivity contribution >= 4 is 29.9 Å². The van der Waals surface area contributed by atoms with Gasteiger partial charge in [0.25, 0.3) is 0 Å². The molecule has 0 aromatic rings. The van der Waals surface area contributed by atoms with Crippen LogP contribution in [0.2, 0.25) is 0 Å². The zero-order valence-corrected chi connectivity index (χ0v) is 19.7. The van der Waals surface area contributed by atoms with Crippen LogP contribution in [-0.2, 0) is 9.47 Å². The van der Waals surface area contributed by atoms with Crippen LogP contribution >= 0.6 is 24.0 Å². The van der Waals surface area contributed by atoms with E-state index in [1.807, 2.05) is 0 Å². The first-order chi connectivity index (χ1) is 12.7. The van der Waals surface area contributed by atoms with Crippen LogP contribution in [0.1, 0.15) is 27.2 Å². The van der Waals surface area contributed by atoms with Crippen molar-refractivity contribution in [3.8, 4) is 0 Å². The summed E-state index contributed by atoms with van der Waals surface area (Å²) in [6.07, 6.45) is 1.18. The summed E-state index contributed by atoms with van der Waals surface area (Å²) >= 11 is 0. The molecule has 0 spiro atoms. The molecule has 2 saturated heterocycles. The Morgan fingerprint density at radius 3 is 2.22 bits per heavy atom. The van der Waals surface area contributed by atoms with E-state index >= 15 is 0 Å². The monoisotopic (exact) mass is 497 g/mol. The molecule has 1 unspecified atom stereocenters. The van der Waals surface area contributed by atoms with Crippen molar-refractivity contribution in [2.45, 2.75) is 33.2 Å². The van der Waals surface area contributed by atoms with Gasteiger partial charge in [-0.25, -0.2) is 0 Å². The summed E-state index contributed by atoms with van der Waals surface area (Å²) in [6.45, 7) is 17.9. The average Bonchev–Trinajstić information content (AvgIpc) is 2.66. The zero-order valence-electron chi connectivity index (χ0n) is 17.4. The van der Waals surface area contributed by atoms with E-state index in [4.69, 9.17) is 14.5 Å². The molecule has 0 bridgehead atoms. The van der Waals surface area contributed by atoms with Crippen LogP contribution in [0.25, 0.3) is 0 Å². The lowest BCUT2D eigenvalue weighted by atomic mass is 10.0. The van der Waals surface area contributed by atoms with E-state index in [2.05, 4.69) is 41.2 Å². The molecule has 0 radical (unpaired) electrons. The number of hydrogen-bond donors (Lipinski definition) is 2. The van der Waals surface area contributed by atoms with Crippen molar-refractivity contribution in [3.05, 3.63) is 0 Å². The minimum atomic E-state index is 0. The van der Waals surface area contributed by atoms with Gasteiger partial charge in [0.15, 0.2) is 5.96 Å². The molecule has 0 aliphatic carbocycles. The number of nitrogens with one attached hydrogen (secondary N) is 2. The zero-order chi connectivity index (χ0) is 18.6. The maximum atomic E-state index is 5.51. The van der Waals surface area contributed by atoms with E-state index in [-0.39, 0.29) is 24.0 Å². The summed E-state index contributed by atoms with van der Waals surface area (Å²) in [7, 11) is 0. The minimum absolute atomic E-state index is 0. The van der Waals surface area contributed by atoms with Crippen LogP contribution < -0.4 is 10.6 Å². The highest BCUT2D eigenvalue weighted by molar-refractivity contribution is 14.0. The Balaban J connectivity index is 0.00000364. The lowest BCUT2D eigenvalue weighted by Crippen LogP contribution is -2.47. The van der Waals surface area contributed by atoms with Crippen molar-refractivity contribution in [2.75, 3.05) is 78.8 Å². The molecule has 0 amide bonds. The fraction of sp³-hybridized carbons (Fsp3) is 0.947. The third-order valence-electron chi connectivity index (χ3n) is 4.93. The van der Waals surface area contributed by atoms with Gasteiger partial charge < -0.3 is 20.1 Å². The number of rotatable bonds is 9. The molecule has 27 heavy (non-hydrogen) atoms. The van der Waals surface area contributed by atoms with Crippen LogP contribution in [0, 0.1) is 5.92 Å². The summed E-state index contributed by atoms with van der Waals surface area (Å²) in [5, 5.41) is 6.88. The van der Waals surface area contributed by atoms with E-state index in [0.717, 1.165) is 84.7 Å². The first-order valence-electron chi connectivity index (χ1n) is 10.3. The molecule has 2 rings (SSSR count). The molecular weight excluding hydrogens is 457 g/mol. The van der Waals surface area contributed by atoms with Gasteiger partial charge in [-0.15, -0.1) is 24.0 Å². The van der Waals surface area contributed by atoms with Gasteiger partial charge in [-0.1, -0.05) is 13.8 Å². The number of guanidine groups is 1. The summed E-state index contributed by atoms with van der Waals surface area (Å²) in [5.41, 5.74) is 0. The van der Waals surface area contributed by atoms with Crippen LogP contribution in [-0.4, -0.2) is 101 Å². The third kappa shape index (κ3) is 10.3. The standard InChI is InChI=1S/C19H39N5O2.HI/c1-4-20-19(21-5-6-23-7-11-25-12-8-23)22-16-18(15-17(2)3)24-9-13-26-14-10-24;/h17-18H,4-16H2,1-3H3,(H2,20,21,22);1H. The largest absolute Gasteiger partial charge is 0.379 e. The smallest absolute Gasteiger partial charge is 0.191 e. The van der Waals surface area contributed by atoms with Crippen molar-refractivity contribution in [3.63, 3.8) is 0 Å². The molecule has 8 heteroatoms. The Hall–Kier alpha value is -0.160. The molecule has 0 aromatic carbocycles. The Morgan fingerprint density at radius 1 is 1.00 bits per heavy atom. The van der Waals surface area contributed by atoms with Crippen LogP contribution in [0.5, 0.6) is 0 Å². The first kappa shape index (κ1) is 24.9. The quantitative estimate of drug-likeness (QED) is 0.284. The summed E-state index contributed by atoms with van der Waals surface area (Å²) in [6, 6.07) is 0.494. The fourth-order valence-electron chi connectivity index (χ4n) is 3.52. The predicted octanol–water partition coefficient (Wildman–Crippen LogP) is 1.24. The van der Waals surface area contributed by atoms with Gasteiger partial charge in [-0.2, -0.15) is 0 Å². The SMILES string of the molecule is CCNC(=NCC(CC(C)C)N1CCOCC1)NCCN1CCOCC1.I. The van der Waals surface area contributed by atoms with Crippen molar-refractivity contribution < 1.29 is 9.47 Å². The molecule has 2 fully saturated rings. The molecule has 0 aromatic heterocycles. The minimum Gasteiger partial charge on any atom is -0.379 e. The van der Waals surface area contributed by atoms with Crippen LogP contribution in [0.4, 0.5) is 0 Å². The van der Waals surface area contributed by atoms with E-state index in [1.165, 1.54) is 6.42 Å². The highest BCUT2D eigenvalue weighted by Crippen LogP contribution is 2.14.